The van der Waals surface area contributed by atoms with Gasteiger partial charge in [0.2, 0.25) is 5.13 Å². The number of methoxy groups -OCH3 is 2. The summed E-state index contributed by atoms with van der Waals surface area (Å²) in [6, 6.07) is 13.4. The SMILES string of the molecule is COc1ccc(C=NNc2nc(C(F)(F)F)c(-c3ccccc3)s2)c(OC)c1. The van der Waals surface area contributed by atoms with Gasteiger partial charge in [-0.2, -0.15) is 18.3 Å². The number of hydrogen-bond donors (Lipinski definition) is 1. The van der Waals surface area contributed by atoms with Gasteiger partial charge in [0, 0.05) is 11.6 Å². The van der Waals surface area contributed by atoms with Crippen molar-refractivity contribution in [3.63, 3.8) is 0 Å². The number of benzene rings is 2. The van der Waals surface area contributed by atoms with Crippen LogP contribution in [0.15, 0.2) is 53.6 Å². The van der Waals surface area contributed by atoms with Crippen LogP contribution in [0.25, 0.3) is 10.4 Å². The first-order valence-electron chi connectivity index (χ1n) is 8.07. The molecule has 9 heteroatoms. The molecule has 1 N–H and O–H groups in total. The lowest BCUT2D eigenvalue weighted by atomic mass is 10.1. The topological polar surface area (TPSA) is 55.7 Å². The van der Waals surface area contributed by atoms with E-state index in [1.165, 1.54) is 20.4 Å². The number of alkyl halides is 3. The molecule has 1 aromatic heterocycles. The van der Waals surface area contributed by atoms with E-state index in [4.69, 9.17) is 9.47 Å². The van der Waals surface area contributed by atoms with Crippen molar-refractivity contribution in [2.75, 3.05) is 19.6 Å². The van der Waals surface area contributed by atoms with E-state index in [2.05, 4.69) is 15.5 Å². The fourth-order valence-electron chi connectivity index (χ4n) is 2.43. The molecule has 0 aliphatic rings. The van der Waals surface area contributed by atoms with Gasteiger partial charge in [-0.1, -0.05) is 41.7 Å². The number of thiazole rings is 1. The van der Waals surface area contributed by atoms with Crippen LogP contribution in [-0.4, -0.2) is 25.4 Å². The first-order valence-corrected chi connectivity index (χ1v) is 8.88. The zero-order chi connectivity index (χ0) is 20.1. The summed E-state index contributed by atoms with van der Waals surface area (Å²) in [6.07, 6.45) is -3.13. The molecular weight excluding hydrogens is 391 g/mol. The van der Waals surface area contributed by atoms with E-state index in [-0.39, 0.29) is 10.0 Å². The summed E-state index contributed by atoms with van der Waals surface area (Å²) >= 11 is 0.883. The van der Waals surface area contributed by atoms with Crippen molar-refractivity contribution in [2.45, 2.75) is 6.18 Å². The fraction of sp³-hybridized carbons (Fsp3) is 0.158. The fourth-order valence-corrected chi connectivity index (χ4v) is 3.37. The largest absolute Gasteiger partial charge is 0.497 e. The standard InChI is InChI=1S/C19H16F3N3O2S/c1-26-14-9-8-13(15(10-14)27-2)11-23-25-18-24-17(19(20,21)22)16(28-18)12-6-4-3-5-7-12/h3-11H,1-2H3,(H,24,25). The zero-order valence-electron chi connectivity index (χ0n) is 14.9. The predicted octanol–water partition coefficient (Wildman–Crippen LogP) is 5.29. The van der Waals surface area contributed by atoms with Crippen LogP contribution in [0.1, 0.15) is 11.3 Å². The van der Waals surface area contributed by atoms with E-state index in [1.54, 1.807) is 48.5 Å². The average Bonchev–Trinajstić information content (AvgIpc) is 3.13. The Labute approximate surface area is 163 Å². The number of anilines is 1. The Balaban J connectivity index is 1.86. The summed E-state index contributed by atoms with van der Waals surface area (Å²) in [7, 11) is 3.04. The van der Waals surface area contributed by atoms with Gasteiger partial charge in [0.15, 0.2) is 5.69 Å². The van der Waals surface area contributed by atoms with Gasteiger partial charge in [-0.05, 0) is 17.7 Å². The Morgan fingerprint density at radius 3 is 2.46 bits per heavy atom. The molecule has 3 aromatic rings. The molecule has 0 fully saturated rings. The van der Waals surface area contributed by atoms with Crippen LogP contribution < -0.4 is 14.9 Å². The lowest BCUT2D eigenvalue weighted by Crippen LogP contribution is -2.07. The Hall–Kier alpha value is -3.07. The average molecular weight is 407 g/mol. The highest BCUT2D eigenvalue weighted by molar-refractivity contribution is 7.19. The summed E-state index contributed by atoms with van der Waals surface area (Å²) in [4.78, 5) is 3.71. The first-order chi connectivity index (χ1) is 13.4. The quantitative estimate of drug-likeness (QED) is 0.446. The van der Waals surface area contributed by atoms with Crippen molar-refractivity contribution in [1.29, 1.82) is 0 Å². The van der Waals surface area contributed by atoms with E-state index >= 15 is 0 Å². The molecule has 0 amide bonds. The van der Waals surface area contributed by atoms with Crippen molar-refractivity contribution in [2.24, 2.45) is 5.10 Å². The van der Waals surface area contributed by atoms with Crippen molar-refractivity contribution in [3.8, 4) is 21.9 Å². The number of hydrazone groups is 1. The van der Waals surface area contributed by atoms with Crippen LogP contribution in [0.3, 0.4) is 0 Å². The molecule has 0 aliphatic carbocycles. The molecule has 0 saturated heterocycles. The van der Waals surface area contributed by atoms with Gasteiger partial charge in [-0.25, -0.2) is 4.98 Å². The highest BCUT2D eigenvalue weighted by Crippen LogP contribution is 2.41. The molecule has 146 valence electrons. The lowest BCUT2D eigenvalue weighted by molar-refractivity contribution is -0.140. The second kappa shape index (κ2) is 8.30. The summed E-state index contributed by atoms with van der Waals surface area (Å²) < 4.78 is 50.4. The number of nitrogens with one attached hydrogen (secondary N) is 1. The molecular formula is C19H16F3N3O2S. The van der Waals surface area contributed by atoms with Crippen molar-refractivity contribution in [1.82, 2.24) is 4.98 Å². The summed E-state index contributed by atoms with van der Waals surface area (Å²) in [5, 5.41) is 4.03. The molecule has 2 aromatic carbocycles. The van der Waals surface area contributed by atoms with Crippen LogP contribution >= 0.6 is 11.3 Å². The van der Waals surface area contributed by atoms with E-state index in [0.29, 0.717) is 22.6 Å². The molecule has 5 nitrogen and oxygen atoms in total. The monoisotopic (exact) mass is 407 g/mol. The first kappa shape index (κ1) is 19.7. The minimum atomic E-state index is -4.56. The third-order valence-corrected chi connectivity index (χ3v) is 4.75. The highest BCUT2D eigenvalue weighted by Gasteiger charge is 2.38. The summed E-state index contributed by atoms with van der Waals surface area (Å²) in [5.74, 6) is 1.13. The van der Waals surface area contributed by atoms with Crippen molar-refractivity contribution < 1.29 is 22.6 Å². The maximum Gasteiger partial charge on any atom is 0.434 e. The number of rotatable bonds is 6. The smallest absolute Gasteiger partial charge is 0.434 e. The lowest BCUT2D eigenvalue weighted by Gasteiger charge is -2.06. The molecule has 28 heavy (non-hydrogen) atoms. The number of ether oxygens (including phenoxy) is 2. The van der Waals surface area contributed by atoms with Crippen molar-refractivity contribution in [3.05, 3.63) is 59.8 Å². The second-order valence-electron chi connectivity index (χ2n) is 5.54. The van der Waals surface area contributed by atoms with Crippen LogP contribution in [0, 0.1) is 0 Å². The summed E-state index contributed by atoms with van der Waals surface area (Å²) in [6.45, 7) is 0. The summed E-state index contributed by atoms with van der Waals surface area (Å²) in [5.41, 5.74) is 2.70. The van der Waals surface area contributed by atoms with Crippen LogP contribution in [-0.2, 0) is 6.18 Å². The van der Waals surface area contributed by atoms with E-state index < -0.39 is 11.9 Å². The third kappa shape index (κ3) is 4.42. The second-order valence-corrected chi connectivity index (χ2v) is 6.54. The highest BCUT2D eigenvalue weighted by atomic mass is 32.1. The van der Waals surface area contributed by atoms with Gasteiger partial charge < -0.3 is 9.47 Å². The van der Waals surface area contributed by atoms with Crippen LogP contribution in [0.5, 0.6) is 11.5 Å². The number of aromatic nitrogens is 1. The molecule has 0 saturated carbocycles. The molecule has 0 spiro atoms. The maximum atomic E-state index is 13.4. The Morgan fingerprint density at radius 2 is 1.82 bits per heavy atom. The van der Waals surface area contributed by atoms with Crippen LogP contribution in [0.4, 0.5) is 18.3 Å². The molecule has 0 unspecified atom stereocenters. The van der Waals surface area contributed by atoms with Gasteiger partial charge in [0.25, 0.3) is 0 Å². The minimum absolute atomic E-state index is 0.0350. The molecule has 1 heterocycles. The van der Waals surface area contributed by atoms with E-state index in [1.807, 2.05) is 0 Å². The predicted molar refractivity (Wildman–Crippen MR) is 103 cm³/mol. The van der Waals surface area contributed by atoms with E-state index in [0.717, 1.165) is 11.3 Å². The minimum Gasteiger partial charge on any atom is -0.497 e. The maximum absolute atomic E-state index is 13.4. The Morgan fingerprint density at radius 1 is 1.07 bits per heavy atom. The molecule has 0 bridgehead atoms. The van der Waals surface area contributed by atoms with Gasteiger partial charge in [0.05, 0.1) is 25.3 Å². The number of halogens is 3. The molecule has 0 atom stereocenters. The molecule has 0 radical (unpaired) electrons. The van der Waals surface area contributed by atoms with Gasteiger partial charge in [-0.15, -0.1) is 0 Å². The van der Waals surface area contributed by atoms with Crippen molar-refractivity contribution >= 4 is 22.7 Å². The van der Waals surface area contributed by atoms with Gasteiger partial charge in [0.1, 0.15) is 11.5 Å². The third-order valence-electron chi connectivity index (χ3n) is 3.74. The van der Waals surface area contributed by atoms with Crippen LogP contribution in [0.2, 0.25) is 0 Å². The zero-order valence-corrected chi connectivity index (χ0v) is 15.8. The Bertz CT molecular complexity index is 972. The van der Waals surface area contributed by atoms with Gasteiger partial charge >= 0.3 is 6.18 Å². The van der Waals surface area contributed by atoms with E-state index in [9.17, 15) is 13.2 Å². The van der Waals surface area contributed by atoms with Gasteiger partial charge in [-0.3, -0.25) is 5.43 Å². The number of hydrogen-bond acceptors (Lipinski definition) is 6. The molecule has 3 rings (SSSR count). The Kier molecular flexibility index (Phi) is 5.84. The number of nitrogens with zero attached hydrogens (tertiary/aromatic N) is 2. The molecule has 0 aliphatic heterocycles. The normalized spacial score (nSPS) is 11.6.